The molecule has 2 atom stereocenters. The predicted octanol–water partition coefficient (Wildman–Crippen LogP) is 2.31. The molecule has 0 radical (unpaired) electrons. The lowest BCUT2D eigenvalue weighted by atomic mass is 10.1. The van der Waals surface area contributed by atoms with Crippen molar-refractivity contribution in [3.8, 4) is 0 Å². The van der Waals surface area contributed by atoms with Gasteiger partial charge in [0.25, 0.3) is 0 Å². The number of sulfonamides is 1. The normalized spacial score (nSPS) is 20.6. The molecule has 0 spiro atoms. The van der Waals surface area contributed by atoms with E-state index in [4.69, 9.17) is 0 Å². The molecule has 2 fully saturated rings. The molecule has 34 heavy (non-hydrogen) atoms. The Morgan fingerprint density at radius 3 is 2.65 bits per heavy atom. The van der Waals surface area contributed by atoms with Crippen molar-refractivity contribution >= 4 is 54.8 Å². The van der Waals surface area contributed by atoms with Gasteiger partial charge in [0, 0.05) is 30.9 Å². The minimum absolute atomic E-state index is 0.108. The summed E-state index contributed by atoms with van der Waals surface area (Å²) in [5.41, 5.74) is 4.67. The molecule has 2 unspecified atom stereocenters. The minimum Gasteiger partial charge on any atom is -0.346 e. The van der Waals surface area contributed by atoms with Crippen LogP contribution in [0.1, 0.15) is 25.3 Å². The molecule has 2 aliphatic rings. The number of rotatable bonds is 7. The van der Waals surface area contributed by atoms with Crippen LogP contribution >= 0.6 is 11.3 Å². The zero-order valence-corrected chi connectivity index (χ0v) is 20.7. The topological polar surface area (TPSA) is 120 Å². The second-order valence-electron chi connectivity index (χ2n) is 8.84. The molecule has 0 saturated carbocycles. The van der Waals surface area contributed by atoms with Gasteiger partial charge in [-0.2, -0.15) is 0 Å². The second kappa shape index (κ2) is 9.08. The molecule has 2 bridgehead atoms. The van der Waals surface area contributed by atoms with Crippen LogP contribution in [0.5, 0.6) is 0 Å². The maximum atomic E-state index is 12.9. The van der Waals surface area contributed by atoms with Crippen LogP contribution in [0.3, 0.4) is 0 Å². The van der Waals surface area contributed by atoms with E-state index in [9.17, 15) is 13.2 Å². The number of hydrogen-bond donors (Lipinski definition) is 2. The third-order valence-electron chi connectivity index (χ3n) is 6.35. The average molecular weight is 502 g/mol. The number of nitrogens with one attached hydrogen (secondary N) is 2. The molecule has 12 heteroatoms. The first kappa shape index (κ1) is 22.9. The number of hydrogen-bond acceptors (Lipinski definition) is 9. The fraction of sp³-hybridized carbons (Fsp3) is 0.455. The third kappa shape index (κ3) is 4.70. The minimum atomic E-state index is -3.40. The summed E-state index contributed by atoms with van der Waals surface area (Å²) in [5.74, 6) is 0.786. The van der Waals surface area contributed by atoms with E-state index in [1.807, 2.05) is 13.0 Å². The van der Waals surface area contributed by atoms with Gasteiger partial charge in [0.1, 0.15) is 16.7 Å². The fourth-order valence-electron chi connectivity index (χ4n) is 5.01. The van der Waals surface area contributed by atoms with Gasteiger partial charge in [0.15, 0.2) is 5.82 Å². The maximum Gasteiger partial charge on any atom is 0.238 e. The number of likely N-dealkylation sites (tertiary alicyclic amines) is 1. The number of amides is 1. The largest absolute Gasteiger partial charge is 0.346 e. The lowest BCUT2D eigenvalue weighted by Gasteiger charge is -2.41. The Bertz CT molecular complexity index is 1310. The highest BCUT2D eigenvalue weighted by Gasteiger charge is 2.41. The van der Waals surface area contributed by atoms with E-state index in [-0.39, 0.29) is 24.5 Å². The summed E-state index contributed by atoms with van der Waals surface area (Å²) in [7, 11) is -3.40. The predicted molar refractivity (Wildman–Crippen MR) is 134 cm³/mol. The molecule has 5 rings (SSSR count). The summed E-state index contributed by atoms with van der Waals surface area (Å²) in [6.07, 6.45) is 5.54. The van der Waals surface area contributed by atoms with Crippen LogP contribution in [0.15, 0.2) is 30.0 Å². The summed E-state index contributed by atoms with van der Waals surface area (Å²) in [6, 6.07) is 5.77. The van der Waals surface area contributed by atoms with Crippen molar-refractivity contribution in [3.63, 3.8) is 0 Å². The van der Waals surface area contributed by atoms with E-state index in [1.165, 1.54) is 11.3 Å². The number of aryl methyl sites for hydroxylation is 1. The van der Waals surface area contributed by atoms with Gasteiger partial charge < -0.3 is 10.2 Å². The third-order valence-corrected chi connectivity index (χ3v) is 7.69. The average Bonchev–Trinajstić information content (AvgIpc) is 3.35. The molecule has 4 heterocycles. The van der Waals surface area contributed by atoms with E-state index in [2.05, 4.69) is 34.8 Å². The number of thiazole rings is 1. The first-order valence-electron chi connectivity index (χ1n) is 11.3. The van der Waals surface area contributed by atoms with Gasteiger partial charge in [-0.15, -0.1) is 11.3 Å². The van der Waals surface area contributed by atoms with Crippen LogP contribution in [-0.2, 0) is 21.2 Å². The smallest absolute Gasteiger partial charge is 0.238 e. The lowest BCUT2D eigenvalue weighted by Crippen LogP contribution is -2.55. The molecule has 1 amide bonds. The lowest BCUT2D eigenvalue weighted by molar-refractivity contribution is -0.117. The maximum absolute atomic E-state index is 12.9. The van der Waals surface area contributed by atoms with Crippen molar-refractivity contribution in [2.75, 3.05) is 40.8 Å². The molecule has 2 saturated heterocycles. The SMILES string of the molecule is CCc1ccc(NS(C)(=O)=O)cc1NC(=O)CN1CC2CCC(C1)N2c1ncnc2scnc12. The zero-order chi connectivity index (χ0) is 23.9. The molecule has 3 aromatic rings. The molecule has 2 aromatic heterocycles. The van der Waals surface area contributed by atoms with Gasteiger partial charge in [-0.1, -0.05) is 13.0 Å². The van der Waals surface area contributed by atoms with Gasteiger partial charge in [-0.25, -0.2) is 23.4 Å². The highest BCUT2D eigenvalue weighted by atomic mass is 32.2. The Morgan fingerprint density at radius 1 is 1.18 bits per heavy atom. The van der Waals surface area contributed by atoms with Crippen LogP contribution in [-0.4, -0.2) is 72.2 Å². The number of piperazine rings is 1. The number of fused-ring (bicyclic) bond motifs is 3. The van der Waals surface area contributed by atoms with Crippen molar-refractivity contribution in [2.45, 2.75) is 38.3 Å². The first-order chi connectivity index (χ1) is 16.3. The highest BCUT2D eigenvalue weighted by molar-refractivity contribution is 7.92. The van der Waals surface area contributed by atoms with Crippen molar-refractivity contribution in [1.82, 2.24) is 19.9 Å². The summed E-state index contributed by atoms with van der Waals surface area (Å²) < 4.78 is 25.6. The highest BCUT2D eigenvalue weighted by Crippen LogP contribution is 2.37. The molecule has 1 aromatic carbocycles. The fourth-order valence-corrected chi connectivity index (χ4v) is 6.18. The van der Waals surface area contributed by atoms with E-state index in [0.29, 0.717) is 11.4 Å². The van der Waals surface area contributed by atoms with Gasteiger partial charge in [-0.3, -0.25) is 14.4 Å². The summed E-state index contributed by atoms with van der Waals surface area (Å²) in [4.78, 5) is 31.7. The number of aromatic nitrogens is 3. The molecule has 0 aliphatic carbocycles. The number of benzene rings is 1. The van der Waals surface area contributed by atoms with Crippen LogP contribution in [0.25, 0.3) is 10.3 Å². The molecular weight excluding hydrogens is 474 g/mol. The van der Waals surface area contributed by atoms with Crippen molar-refractivity contribution in [1.29, 1.82) is 0 Å². The van der Waals surface area contributed by atoms with Crippen LogP contribution in [0.2, 0.25) is 0 Å². The van der Waals surface area contributed by atoms with Crippen molar-refractivity contribution in [3.05, 3.63) is 35.6 Å². The van der Waals surface area contributed by atoms with E-state index in [0.717, 1.165) is 60.3 Å². The monoisotopic (exact) mass is 501 g/mol. The van der Waals surface area contributed by atoms with Gasteiger partial charge in [0.05, 0.1) is 24.0 Å². The first-order valence-corrected chi connectivity index (χ1v) is 14.0. The number of carbonyl (C=O) groups excluding carboxylic acids is 1. The van der Waals surface area contributed by atoms with Gasteiger partial charge in [0.2, 0.25) is 15.9 Å². The molecule has 2 aliphatic heterocycles. The number of anilines is 3. The Kier molecular flexibility index (Phi) is 6.13. The second-order valence-corrected chi connectivity index (χ2v) is 11.4. The van der Waals surface area contributed by atoms with Gasteiger partial charge in [-0.05, 0) is 37.0 Å². The Balaban J connectivity index is 1.27. The Labute approximate surface area is 202 Å². The Hall–Kier alpha value is -2.83. The Morgan fingerprint density at radius 2 is 1.94 bits per heavy atom. The standard InChI is InChI=1S/C22H27N7O3S2/c1-3-14-4-5-15(27-34(2,31)32)8-18(14)26-19(30)11-28-9-16-6-7-17(10-28)29(16)21-20-22(24-12-23-21)33-13-25-20/h4-5,8,12-13,16-17,27H,3,6-7,9-11H2,1-2H3,(H,26,30). The molecule has 180 valence electrons. The number of carbonyl (C=O) groups is 1. The van der Waals surface area contributed by atoms with Crippen molar-refractivity contribution < 1.29 is 13.2 Å². The summed E-state index contributed by atoms with van der Waals surface area (Å²) >= 11 is 1.51. The van der Waals surface area contributed by atoms with E-state index in [1.54, 1.807) is 24.0 Å². The van der Waals surface area contributed by atoms with Crippen LogP contribution in [0, 0.1) is 0 Å². The molecular formula is C22H27N7O3S2. The van der Waals surface area contributed by atoms with Crippen LogP contribution < -0.4 is 14.9 Å². The summed E-state index contributed by atoms with van der Waals surface area (Å²) in [5, 5.41) is 2.99. The van der Waals surface area contributed by atoms with Crippen LogP contribution in [0.4, 0.5) is 17.2 Å². The zero-order valence-electron chi connectivity index (χ0n) is 19.1. The number of nitrogens with zero attached hydrogens (tertiary/aromatic N) is 5. The van der Waals surface area contributed by atoms with Crippen molar-refractivity contribution in [2.24, 2.45) is 0 Å². The summed E-state index contributed by atoms with van der Waals surface area (Å²) in [6.45, 7) is 3.83. The van der Waals surface area contributed by atoms with E-state index >= 15 is 0 Å². The molecule has 10 nitrogen and oxygen atoms in total. The quantitative estimate of drug-likeness (QED) is 0.506. The van der Waals surface area contributed by atoms with E-state index < -0.39 is 10.0 Å². The molecule has 2 N–H and O–H groups in total. The van der Waals surface area contributed by atoms with Gasteiger partial charge >= 0.3 is 0 Å².